The summed E-state index contributed by atoms with van der Waals surface area (Å²) in [4.78, 5) is 15.6. The van der Waals surface area contributed by atoms with Crippen molar-refractivity contribution in [1.29, 1.82) is 0 Å². The van der Waals surface area contributed by atoms with Crippen molar-refractivity contribution >= 4 is 11.8 Å². The van der Waals surface area contributed by atoms with E-state index in [0.717, 1.165) is 43.5 Å². The zero-order chi connectivity index (χ0) is 15.8. The lowest BCUT2D eigenvalue weighted by molar-refractivity contribution is 0.461. The lowest BCUT2D eigenvalue weighted by atomic mass is 9.97. The van der Waals surface area contributed by atoms with Gasteiger partial charge in [-0.1, -0.05) is 0 Å². The molecule has 0 amide bonds. The summed E-state index contributed by atoms with van der Waals surface area (Å²) in [6.07, 6.45) is 9.17. The second kappa shape index (κ2) is 5.83. The van der Waals surface area contributed by atoms with E-state index >= 15 is 0 Å². The molecular weight excluding hydrogens is 288 g/mol. The molecule has 23 heavy (non-hydrogen) atoms. The van der Waals surface area contributed by atoms with Gasteiger partial charge in [0.1, 0.15) is 11.6 Å². The Labute approximate surface area is 136 Å². The van der Waals surface area contributed by atoms with E-state index in [1.165, 1.54) is 25.1 Å². The summed E-state index contributed by atoms with van der Waals surface area (Å²) in [6, 6.07) is 2.02. The third-order valence-electron chi connectivity index (χ3n) is 4.87. The van der Waals surface area contributed by atoms with E-state index in [2.05, 4.69) is 30.6 Å². The van der Waals surface area contributed by atoms with Crippen LogP contribution in [0.15, 0.2) is 18.5 Å². The van der Waals surface area contributed by atoms with Crippen molar-refractivity contribution in [2.75, 3.05) is 23.7 Å². The Balaban J connectivity index is 1.53. The minimum Gasteiger partial charge on any atom is -0.368 e. The molecule has 1 saturated heterocycles. The number of hydrogen-bond donors (Lipinski definition) is 1. The molecule has 1 unspecified atom stereocenters. The molecular formula is C17H24N6. The van der Waals surface area contributed by atoms with Crippen LogP contribution >= 0.6 is 0 Å². The number of nitrogens with two attached hydrogens (primary N) is 1. The van der Waals surface area contributed by atoms with Crippen LogP contribution in [-0.4, -0.2) is 32.6 Å². The van der Waals surface area contributed by atoms with Gasteiger partial charge in [0.05, 0.1) is 0 Å². The maximum absolute atomic E-state index is 5.82. The Kier molecular flexibility index (Phi) is 3.67. The number of nitrogens with zero attached hydrogens (tertiary/aromatic N) is 5. The second-order valence-corrected chi connectivity index (χ2v) is 6.89. The monoisotopic (exact) mass is 312 g/mol. The van der Waals surface area contributed by atoms with E-state index < -0.39 is 0 Å². The standard InChI is InChI=1S/C17H24N6/c1-12-9-15(21-17(18)20-12)22-7-2-3-14(11-22)16-19-6-8-23(16)10-13-4-5-13/h6,8-9,13-14H,2-5,7,10-11H2,1H3,(H2,18,20,21). The van der Waals surface area contributed by atoms with Gasteiger partial charge in [-0.05, 0) is 38.5 Å². The Hall–Kier alpha value is -2.11. The van der Waals surface area contributed by atoms with Gasteiger partial charge in [-0.3, -0.25) is 0 Å². The summed E-state index contributed by atoms with van der Waals surface area (Å²) in [5, 5.41) is 0. The zero-order valence-electron chi connectivity index (χ0n) is 13.6. The Morgan fingerprint density at radius 3 is 2.91 bits per heavy atom. The summed E-state index contributed by atoms with van der Waals surface area (Å²) in [6.45, 7) is 5.07. The fourth-order valence-corrected chi connectivity index (χ4v) is 3.55. The fraction of sp³-hybridized carbons (Fsp3) is 0.588. The summed E-state index contributed by atoms with van der Waals surface area (Å²) >= 11 is 0. The molecule has 2 aromatic rings. The molecule has 1 aliphatic heterocycles. The van der Waals surface area contributed by atoms with E-state index in [1.54, 1.807) is 0 Å². The molecule has 1 saturated carbocycles. The van der Waals surface area contributed by atoms with E-state index in [0.29, 0.717) is 11.9 Å². The molecule has 0 radical (unpaired) electrons. The van der Waals surface area contributed by atoms with Crippen molar-refractivity contribution < 1.29 is 0 Å². The predicted molar refractivity (Wildman–Crippen MR) is 90.3 cm³/mol. The first-order valence-electron chi connectivity index (χ1n) is 8.56. The number of aromatic nitrogens is 4. The third kappa shape index (κ3) is 3.16. The zero-order valence-corrected chi connectivity index (χ0v) is 13.6. The summed E-state index contributed by atoms with van der Waals surface area (Å²) in [7, 11) is 0. The first-order valence-corrected chi connectivity index (χ1v) is 8.56. The van der Waals surface area contributed by atoms with Gasteiger partial charge in [0, 0.05) is 49.7 Å². The predicted octanol–water partition coefficient (Wildman–Crippen LogP) is 2.36. The number of rotatable bonds is 4. The molecule has 6 heteroatoms. The van der Waals surface area contributed by atoms with Gasteiger partial charge in [0.25, 0.3) is 0 Å². The van der Waals surface area contributed by atoms with E-state index in [1.807, 2.05) is 19.2 Å². The molecule has 1 aliphatic carbocycles. The highest BCUT2D eigenvalue weighted by Gasteiger charge is 2.28. The van der Waals surface area contributed by atoms with Crippen molar-refractivity contribution in [1.82, 2.24) is 19.5 Å². The van der Waals surface area contributed by atoms with Crippen LogP contribution in [0.1, 0.15) is 43.1 Å². The molecule has 3 heterocycles. The Morgan fingerprint density at radius 1 is 1.26 bits per heavy atom. The van der Waals surface area contributed by atoms with Crippen molar-refractivity contribution in [2.45, 2.75) is 45.1 Å². The summed E-state index contributed by atoms with van der Waals surface area (Å²) in [5.41, 5.74) is 6.74. The number of piperidine rings is 1. The number of imidazole rings is 1. The fourth-order valence-electron chi connectivity index (χ4n) is 3.55. The van der Waals surface area contributed by atoms with Crippen molar-refractivity contribution in [3.8, 4) is 0 Å². The van der Waals surface area contributed by atoms with Gasteiger partial charge in [0.2, 0.25) is 5.95 Å². The minimum absolute atomic E-state index is 0.359. The van der Waals surface area contributed by atoms with Crippen LogP contribution in [0.4, 0.5) is 11.8 Å². The molecule has 2 aliphatic rings. The lowest BCUT2D eigenvalue weighted by Crippen LogP contribution is -2.36. The second-order valence-electron chi connectivity index (χ2n) is 6.89. The van der Waals surface area contributed by atoms with E-state index in [-0.39, 0.29) is 0 Å². The van der Waals surface area contributed by atoms with Crippen LogP contribution in [-0.2, 0) is 6.54 Å². The number of anilines is 2. The normalized spacial score (nSPS) is 21.6. The van der Waals surface area contributed by atoms with Crippen LogP contribution in [0.2, 0.25) is 0 Å². The smallest absolute Gasteiger partial charge is 0.222 e. The van der Waals surface area contributed by atoms with Crippen molar-refractivity contribution in [3.05, 3.63) is 30.0 Å². The minimum atomic E-state index is 0.359. The highest BCUT2D eigenvalue weighted by Crippen LogP contribution is 2.33. The van der Waals surface area contributed by atoms with E-state index in [4.69, 9.17) is 5.73 Å². The van der Waals surface area contributed by atoms with Gasteiger partial charge in [-0.15, -0.1) is 0 Å². The first-order chi connectivity index (χ1) is 11.2. The van der Waals surface area contributed by atoms with Crippen LogP contribution in [0.5, 0.6) is 0 Å². The van der Waals surface area contributed by atoms with Crippen LogP contribution < -0.4 is 10.6 Å². The Morgan fingerprint density at radius 2 is 2.13 bits per heavy atom. The molecule has 0 spiro atoms. The molecule has 0 aromatic carbocycles. The van der Waals surface area contributed by atoms with Gasteiger partial charge in [0.15, 0.2) is 0 Å². The van der Waals surface area contributed by atoms with Gasteiger partial charge >= 0.3 is 0 Å². The first kappa shape index (κ1) is 14.5. The average molecular weight is 312 g/mol. The van der Waals surface area contributed by atoms with E-state index in [9.17, 15) is 0 Å². The lowest BCUT2D eigenvalue weighted by Gasteiger charge is -2.33. The van der Waals surface area contributed by atoms with Gasteiger partial charge < -0.3 is 15.2 Å². The largest absolute Gasteiger partial charge is 0.368 e. The third-order valence-corrected chi connectivity index (χ3v) is 4.87. The van der Waals surface area contributed by atoms with Gasteiger partial charge in [-0.2, -0.15) is 4.98 Å². The molecule has 4 rings (SSSR count). The van der Waals surface area contributed by atoms with Crippen LogP contribution in [0, 0.1) is 12.8 Å². The molecule has 1 atom stereocenters. The highest BCUT2D eigenvalue weighted by molar-refractivity contribution is 5.44. The maximum Gasteiger partial charge on any atom is 0.222 e. The summed E-state index contributed by atoms with van der Waals surface area (Å²) < 4.78 is 2.37. The topological polar surface area (TPSA) is 72.9 Å². The van der Waals surface area contributed by atoms with Crippen molar-refractivity contribution in [3.63, 3.8) is 0 Å². The van der Waals surface area contributed by atoms with Gasteiger partial charge in [-0.25, -0.2) is 9.97 Å². The summed E-state index contributed by atoms with van der Waals surface area (Å²) in [5.74, 6) is 3.87. The molecule has 122 valence electrons. The SMILES string of the molecule is Cc1cc(N2CCCC(c3nccn3CC3CC3)C2)nc(N)n1. The molecule has 0 bridgehead atoms. The quantitative estimate of drug-likeness (QED) is 0.938. The number of aryl methyl sites for hydroxylation is 1. The van der Waals surface area contributed by atoms with Crippen molar-refractivity contribution in [2.24, 2.45) is 5.92 Å². The average Bonchev–Trinajstić information content (AvgIpc) is 3.22. The van der Waals surface area contributed by atoms with Crippen LogP contribution in [0.3, 0.4) is 0 Å². The number of hydrogen-bond acceptors (Lipinski definition) is 5. The number of nitrogen functional groups attached to an aromatic ring is 1. The maximum atomic E-state index is 5.82. The molecule has 2 fully saturated rings. The molecule has 2 aromatic heterocycles. The molecule has 2 N–H and O–H groups in total. The van der Waals surface area contributed by atoms with Crippen LogP contribution in [0.25, 0.3) is 0 Å². The Bertz CT molecular complexity index is 670. The molecule has 6 nitrogen and oxygen atoms in total. The highest BCUT2D eigenvalue weighted by atomic mass is 15.2.